The molecule has 2 aromatic rings. The lowest BCUT2D eigenvalue weighted by Crippen LogP contribution is -2.33. The fraction of sp³-hybridized carbons (Fsp3) is 0.312. The molecule has 0 aliphatic heterocycles. The third-order valence-electron chi connectivity index (χ3n) is 3.33. The van der Waals surface area contributed by atoms with Crippen LogP contribution in [0, 0.1) is 0 Å². The smallest absolute Gasteiger partial charge is 0.246 e. The van der Waals surface area contributed by atoms with Gasteiger partial charge in [0.1, 0.15) is 5.69 Å². The van der Waals surface area contributed by atoms with Gasteiger partial charge in [-0.1, -0.05) is 30.3 Å². The van der Waals surface area contributed by atoms with E-state index in [0.717, 1.165) is 0 Å². The maximum absolute atomic E-state index is 12.0. The zero-order valence-electron chi connectivity index (χ0n) is 12.9. The van der Waals surface area contributed by atoms with Gasteiger partial charge in [0, 0.05) is 5.02 Å². The van der Waals surface area contributed by atoms with Crippen LogP contribution in [-0.4, -0.2) is 37.5 Å². The number of halogens is 1. The summed E-state index contributed by atoms with van der Waals surface area (Å²) in [6.07, 6.45) is 1.98. The van der Waals surface area contributed by atoms with Crippen molar-refractivity contribution in [3.05, 3.63) is 59.4 Å². The first-order valence-corrected chi connectivity index (χ1v) is 7.65. The molecule has 1 heterocycles. The number of aliphatic hydroxyl groups is 1. The fourth-order valence-corrected chi connectivity index (χ4v) is 2.34. The van der Waals surface area contributed by atoms with Crippen LogP contribution in [-0.2, 0) is 17.9 Å². The molecule has 1 atom stereocenters. The fourth-order valence-electron chi connectivity index (χ4n) is 2.14. The zero-order valence-corrected chi connectivity index (χ0v) is 13.6. The van der Waals surface area contributed by atoms with Gasteiger partial charge in [0.05, 0.1) is 31.9 Å². The Balaban J connectivity index is 2.11. The summed E-state index contributed by atoms with van der Waals surface area (Å²) in [7, 11) is 0. The van der Waals surface area contributed by atoms with Crippen LogP contribution in [0.4, 0.5) is 0 Å². The highest BCUT2D eigenvalue weighted by atomic mass is 35.5. The van der Waals surface area contributed by atoms with E-state index in [1.54, 1.807) is 35.3 Å². The Morgan fingerprint density at radius 2 is 2.35 bits per heavy atom. The van der Waals surface area contributed by atoms with E-state index in [2.05, 4.69) is 16.8 Å². The van der Waals surface area contributed by atoms with E-state index in [4.69, 9.17) is 11.6 Å². The highest BCUT2D eigenvalue weighted by Crippen LogP contribution is 2.19. The van der Waals surface area contributed by atoms with Crippen molar-refractivity contribution < 1.29 is 9.90 Å². The number of amides is 1. The maximum atomic E-state index is 12.0. The summed E-state index contributed by atoms with van der Waals surface area (Å²) in [5.41, 5.74) is 1.30. The highest BCUT2D eigenvalue weighted by molar-refractivity contribution is 6.30. The lowest BCUT2D eigenvalue weighted by atomic mass is 10.1. The Kier molecular flexibility index (Phi) is 5.90. The Morgan fingerprint density at radius 1 is 1.57 bits per heavy atom. The van der Waals surface area contributed by atoms with E-state index in [1.807, 2.05) is 6.92 Å². The maximum Gasteiger partial charge on any atom is 0.246 e. The predicted octanol–water partition coefficient (Wildman–Crippen LogP) is 2.20. The standard InChI is InChI=1S/C16H19ClN4O2/c1-3-16(23)20(10-14-9-18-21(4-2)19-14)11-15(22)12-6-5-7-13(17)8-12/h3,5-9,15,22H,1,4,10-11H2,2H3. The van der Waals surface area contributed by atoms with E-state index in [0.29, 0.717) is 22.8 Å². The van der Waals surface area contributed by atoms with Gasteiger partial charge in [0.2, 0.25) is 5.91 Å². The SMILES string of the molecule is C=CC(=O)N(Cc1cnn(CC)n1)CC(O)c1cccc(Cl)c1. The zero-order chi connectivity index (χ0) is 16.8. The molecule has 1 amide bonds. The van der Waals surface area contributed by atoms with E-state index in [1.165, 1.54) is 11.0 Å². The summed E-state index contributed by atoms with van der Waals surface area (Å²) in [6, 6.07) is 6.93. The number of aryl methyl sites for hydroxylation is 1. The van der Waals surface area contributed by atoms with E-state index in [-0.39, 0.29) is 19.0 Å². The van der Waals surface area contributed by atoms with Gasteiger partial charge in [-0.15, -0.1) is 0 Å². The second-order valence-corrected chi connectivity index (χ2v) is 5.45. The normalized spacial score (nSPS) is 12.0. The van der Waals surface area contributed by atoms with Crippen LogP contribution in [0.5, 0.6) is 0 Å². The number of nitrogens with zero attached hydrogens (tertiary/aromatic N) is 4. The molecular weight excluding hydrogens is 316 g/mol. The lowest BCUT2D eigenvalue weighted by Gasteiger charge is -2.23. The van der Waals surface area contributed by atoms with Crippen LogP contribution in [0.15, 0.2) is 43.1 Å². The first kappa shape index (κ1) is 17.2. The minimum absolute atomic E-state index is 0.115. The van der Waals surface area contributed by atoms with Crippen molar-refractivity contribution in [1.82, 2.24) is 19.9 Å². The Morgan fingerprint density at radius 3 is 2.96 bits per heavy atom. The third kappa shape index (κ3) is 4.64. The van der Waals surface area contributed by atoms with Gasteiger partial charge in [-0.2, -0.15) is 15.0 Å². The summed E-state index contributed by atoms with van der Waals surface area (Å²) < 4.78 is 0. The van der Waals surface area contributed by atoms with Crippen molar-refractivity contribution in [2.24, 2.45) is 0 Å². The predicted molar refractivity (Wildman–Crippen MR) is 87.7 cm³/mol. The summed E-state index contributed by atoms with van der Waals surface area (Å²) in [5, 5.41) is 19.2. The molecule has 23 heavy (non-hydrogen) atoms. The number of benzene rings is 1. The first-order chi connectivity index (χ1) is 11.0. The third-order valence-corrected chi connectivity index (χ3v) is 3.57. The van der Waals surface area contributed by atoms with Gasteiger partial charge >= 0.3 is 0 Å². The van der Waals surface area contributed by atoms with Gasteiger partial charge in [0.25, 0.3) is 0 Å². The number of aliphatic hydroxyl groups excluding tert-OH is 1. The molecule has 122 valence electrons. The van der Waals surface area contributed by atoms with Gasteiger partial charge in [-0.3, -0.25) is 4.79 Å². The number of rotatable bonds is 7. The van der Waals surface area contributed by atoms with Crippen LogP contribution in [0.3, 0.4) is 0 Å². The average Bonchev–Trinajstić information content (AvgIpc) is 3.01. The average molecular weight is 335 g/mol. The van der Waals surface area contributed by atoms with Gasteiger partial charge < -0.3 is 10.0 Å². The molecule has 0 saturated heterocycles. The largest absolute Gasteiger partial charge is 0.387 e. The topological polar surface area (TPSA) is 71.2 Å². The molecule has 0 saturated carbocycles. The van der Waals surface area contributed by atoms with E-state index < -0.39 is 6.10 Å². The van der Waals surface area contributed by atoms with Crippen molar-refractivity contribution in [3.8, 4) is 0 Å². The summed E-state index contributed by atoms with van der Waals surface area (Å²) >= 11 is 5.93. The number of carbonyl (C=O) groups excluding carboxylic acids is 1. The quantitative estimate of drug-likeness (QED) is 0.788. The molecule has 1 unspecified atom stereocenters. The molecule has 6 nitrogen and oxygen atoms in total. The molecule has 0 spiro atoms. The minimum Gasteiger partial charge on any atom is -0.387 e. The van der Waals surface area contributed by atoms with Crippen molar-refractivity contribution >= 4 is 17.5 Å². The van der Waals surface area contributed by atoms with E-state index in [9.17, 15) is 9.90 Å². The van der Waals surface area contributed by atoms with Gasteiger partial charge in [-0.05, 0) is 30.7 Å². The minimum atomic E-state index is -0.848. The molecule has 1 aromatic carbocycles. The molecule has 1 N–H and O–H groups in total. The van der Waals surface area contributed by atoms with Crippen molar-refractivity contribution in [1.29, 1.82) is 0 Å². The van der Waals surface area contributed by atoms with Gasteiger partial charge in [-0.25, -0.2) is 0 Å². The summed E-state index contributed by atoms with van der Waals surface area (Å²) in [6.45, 7) is 6.45. The number of carbonyl (C=O) groups is 1. The lowest BCUT2D eigenvalue weighted by molar-refractivity contribution is -0.128. The first-order valence-electron chi connectivity index (χ1n) is 7.27. The number of hydrogen-bond donors (Lipinski definition) is 1. The summed E-state index contributed by atoms with van der Waals surface area (Å²) in [5.74, 6) is -0.280. The monoisotopic (exact) mass is 334 g/mol. The second kappa shape index (κ2) is 7.89. The van der Waals surface area contributed by atoms with Crippen LogP contribution < -0.4 is 0 Å². The second-order valence-electron chi connectivity index (χ2n) is 5.02. The molecule has 0 radical (unpaired) electrons. The molecule has 0 bridgehead atoms. The van der Waals surface area contributed by atoms with Crippen LogP contribution in [0.2, 0.25) is 5.02 Å². The molecular formula is C16H19ClN4O2. The summed E-state index contributed by atoms with van der Waals surface area (Å²) in [4.78, 5) is 15.1. The van der Waals surface area contributed by atoms with Crippen LogP contribution >= 0.6 is 11.6 Å². The van der Waals surface area contributed by atoms with Crippen molar-refractivity contribution in [2.45, 2.75) is 26.1 Å². The van der Waals surface area contributed by atoms with E-state index >= 15 is 0 Å². The number of hydrogen-bond acceptors (Lipinski definition) is 4. The Hall–Kier alpha value is -2.18. The van der Waals surface area contributed by atoms with Gasteiger partial charge in [0.15, 0.2) is 0 Å². The molecule has 0 fully saturated rings. The van der Waals surface area contributed by atoms with Crippen molar-refractivity contribution in [3.63, 3.8) is 0 Å². The van der Waals surface area contributed by atoms with Crippen LogP contribution in [0.1, 0.15) is 24.3 Å². The molecule has 0 aliphatic carbocycles. The van der Waals surface area contributed by atoms with Crippen molar-refractivity contribution in [2.75, 3.05) is 6.54 Å². The molecule has 2 rings (SSSR count). The Labute approximate surface area is 140 Å². The molecule has 1 aromatic heterocycles. The highest BCUT2D eigenvalue weighted by Gasteiger charge is 2.18. The van der Waals surface area contributed by atoms with Crippen LogP contribution in [0.25, 0.3) is 0 Å². The Bertz CT molecular complexity index is 686. The molecule has 0 aliphatic rings. The molecule has 7 heteroatoms. The number of aromatic nitrogens is 3.